The quantitative estimate of drug-likeness (QED) is 0.637. The molecule has 0 aliphatic carbocycles. The van der Waals surface area contributed by atoms with Gasteiger partial charge in [0.05, 0.1) is 11.9 Å². The van der Waals surface area contributed by atoms with E-state index in [4.69, 9.17) is 4.74 Å². The Morgan fingerprint density at radius 3 is 2.52 bits per heavy atom. The summed E-state index contributed by atoms with van der Waals surface area (Å²) < 4.78 is 5.92. The minimum absolute atomic E-state index is 0.0738. The van der Waals surface area contributed by atoms with E-state index in [-0.39, 0.29) is 6.03 Å². The van der Waals surface area contributed by atoms with Crippen molar-refractivity contribution in [3.63, 3.8) is 0 Å². The van der Waals surface area contributed by atoms with Gasteiger partial charge in [0.2, 0.25) is 0 Å². The topological polar surface area (TPSA) is 54.5 Å². The molecule has 0 saturated carbocycles. The number of amides is 2. The zero-order valence-corrected chi connectivity index (χ0v) is 16.1. The number of pyridine rings is 1. The molecule has 0 bridgehead atoms. The van der Waals surface area contributed by atoms with Crippen LogP contribution < -0.4 is 10.1 Å². The van der Waals surface area contributed by atoms with Crippen LogP contribution >= 0.6 is 0 Å². The summed E-state index contributed by atoms with van der Waals surface area (Å²) in [6.45, 7) is 1.41. The van der Waals surface area contributed by atoms with E-state index >= 15 is 0 Å². The van der Waals surface area contributed by atoms with Crippen LogP contribution in [0.4, 0.5) is 10.5 Å². The molecule has 1 aromatic heterocycles. The molecular weight excluding hydrogens is 362 g/mol. The van der Waals surface area contributed by atoms with E-state index in [2.05, 4.69) is 22.4 Å². The number of likely N-dealkylation sites (tertiary alicyclic amines) is 1. The summed E-state index contributed by atoms with van der Waals surface area (Å²) in [6.07, 6.45) is 7.27. The summed E-state index contributed by atoms with van der Waals surface area (Å²) in [6, 6.07) is 21.4. The molecule has 1 aliphatic heterocycles. The van der Waals surface area contributed by atoms with E-state index in [1.807, 2.05) is 65.6 Å². The van der Waals surface area contributed by atoms with Gasteiger partial charge in [-0.3, -0.25) is 4.98 Å². The number of ether oxygens (including phenoxy) is 1. The van der Waals surface area contributed by atoms with Crippen LogP contribution in [0.5, 0.6) is 11.5 Å². The van der Waals surface area contributed by atoms with Gasteiger partial charge in [0.15, 0.2) is 0 Å². The van der Waals surface area contributed by atoms with E-state index in [1.54, 1.807) is 12.4 Å². The van der Waals surface area contributed by atoms with Crippen LogP contribution in [-0.4, -0.2) is 29.0 Å². The summed E-state index contributed by atoms with van der Waals surface area (Å²) in [5.41, 5.74) is 3.17. The zero-order chi connectivity index (χ0) is 19.9. The van der Waals surface area contributed by atoms with Gasteiger partial charge in [-0.1, -0.05) is 42.0 Å². The van der Waals surface area contributed by atoms with Gasteiger partial charge in [-0.25, -0.2) is 4.79 Å². The lowest BCUT2D eigenvalue weighted by atomic mass is 10.0. The Morgan fingerprint density at radius 1 is 0.966 bits per heavy atom. The van der Waals surface area contributed by atoms with Crippen LogP contribution in [0.15, 0.2) is 84.7 Å². The minimum atomic E-state index is -0.0738. The van der Waals surface area contributed by atoms with E-state index in [0.29, 0.717) is 18.8 Å². The summed E-state index contributed by atoms with van der Waals surface area (Å²) >= 11 is 0. The van der Waals surface area contributed by atoms with E-state index in [9.17, 15) is 4.79 Å². The lowest BCUT2D eigenvalue weighted by Gasteiger charge is -2.28. The first-order valence-corrected chi connectivity index (χ1v) is 9.75. The molecule has 3 aromatic rings. The van der Waals surface area contributed by atoms with Crippen molar-refractivity contribution < 1.29 is 9.53 Å². The van der Waals surface area contributed by atoms with Crippen molar-refractivity contribution in [3.05, 3.63) is 90.3 Å². The largest absolute Gasteiger partial charge is 0.457 e. The van der Waals surface area contributed by atoms with Crippen LogP contribution in [0, 0.1) is 0 Å². The number of hydrogen-bond acceptors (Lipinski definition) is 3. The Labute approximate surface area is 170 Å². The molecule has 2 aromatic carbocycles. The van der Waals surface area contributed by atoms with Crippen molar-refractivity contribution in [1.82, 2.24) is 9.88 Å². The molecule has 2 heterocycles. The van der Waals surface area contributed by atoms with Gasteiger partial charge in [0.1, 0.15) is 11.5 Å². The fourth-order valence-corrected chi connectivity index (χ4v) is 3.31. The van der Waals surface area contributed by atoms with E-state index < -0.39 is 0 Å². The number of nitrogens with zero attached hydrogens (tertiary/aromatic N) is 2. The van der Waals surface area contributed by atoms with Gasteiger partial charge in [0, 0.05) is 19.3 Å². The Balaban J connectivity index is 1.35. The van der Waals surface area contributed by atoms with Gasteiger partial charge < -0.3 is 15.0 Å². The Kier molecular flexibility index (Phi) is 5.86. The highest BCUT2D eigenvalue weighted by Crippen LogP contribution is 2.25. The Bertz CT molecular complexity index is 977. The number of benzene rings is 2. The number of hydrogen-bond donors (Lipinski definition) is 1. The highest BCUT2D eigenvalue weighted by Gasteiger charge is 2.19. The number of nitrogens with one attached hydrogen (secondary N) is 1. The zero-order valence-electron chi connectivity index (χ0n) is 16.1. The van der Waals surface area contributed by atoms with Gasteiger partial charge in [0.25, 0.3) is 0 Å². The third-order valence-electron chi connectivity index (χ3n) is 4.81. The average Bonchev–Trinajstić information content (AvgIpc) is 2.76. The first-order chi connectivity index (χ1) is 14.3. The maximum Gasteiger partial charge on any atom is 0.321 e. The molecule has 1 fully saturated rings. The number of urea groups is 1. The van der Waals surface area contributed by atoms with Crippen molar-refractivity contribution >= 4 is 17.8 Å². The lowest BCUT2D eigenvalue weighted by Crippen LogP contribution is -2.39. The highest BCUT2D eigenvalue weighted by atomic mass is 16.5. The lowest BCUT2D eigenvalue weighted by molar-refractivity contribution is 0.208. The van der Waals surface area contributed by atoms with Gasteiger partial charge in [-0.05, 0) is 54.8 Å². The van der Waals surface area contributed by atoms with Gasteiger partial charge in [-0.15, -0.1) is 0 Å². The number of aromatic nitrogens is 1. The summed E-state index contributed by atoms with van der Waals surface area (Å²) in [5, 5.41) is 2.90. The fourth-order valence-electron chi connectivity index (χ4n) is 3.31. The monoisotopic (exact) mass is 385 g/mol. The molecule has 0 atom stereocenters. The molecule has 1 aliphatic rings. The van der Waals surface area contributed by atoms with Crippen molar-refractivity contribution in [2.24, 2.45) is 0 Å². The first-order valence-electron chi connectivity index (χ1n) is 9.75. The maximum absolute atomic E-state index is 12.4. The third kappa shape index (κ3) is 5.23. The smallest absolute Gasteiger partial charge is 0.321 e. The van der Waals surface area contributed by atoms with E-state index in [1.165, 1.54) is 5.57 Å². The minimum Gasteiger partial charge on any atom is -0.457 e. The molecule has 0 spiro atoms. The van der Waals surface area contributed by atoms with Crippen LogP contribution in [0.25, 0.3) is 6.08 Å². The van der Waals surface area contributed by atoms with Crippen LogP contribution in [0.1, 0.15) is 18.4 Å². The third-order valence-corrected chi connectivity index (χ3v) is 4.81. The average molecular weight is 385 g/mol. The molecule has 146 valence electrons. The van der Waals surface area contributed by atoms with Crippen LogP contribution in [0.3, 0.4) is 0 Å². The number of piperidine rings is 1. The highest BCUT2D eigenvalue weighted by molar-refractivity contribution is 5.89. The van der Waals surface area contributed by atoms with Gasteiger partial charge >= 0.3 is 6.03 Å². The van der Waals surface area contributed by atoms with Crippen LogP contribution in [0.2, 0.25) is 0 Å². The van der Waals surface area contributed by atoms with Gasteiger partial charge in [-0.2, -0.15) is 0 Å². The standard InChI is InChI=1S/C24H23N3O2/c28-24(26-21-7-5-13-25-18-21)27-14-11-19(12-15-27)16-20-6-4-10-23(17-20)29-22-8-2-1-3-9-22/h1-10,13,16-18H,11-12,14-15H2,(H,26,28). The van der Waals surface area contributed by atoms with E-state index in [0.717, 1.165) is 29.9 Å². The number of carbonyl (C=O) groups excluding carboxylic acids is 1. The predicted molar refractivity (Wildman–Crippen MR) is 115 cm³/mol. The molecule has 1 saturated heterocycles. The molecule has 2 amide bonds. The molecule has 4 rings (SSSR count). The van der Waals surface area contributed by atoms with Crippen molar-refractivity contribution in [1.29, 1.82) is 0 Å². The SMILES string of the molecule is O=C(Nc1cccnc1)N1CCC(=Cc2cccc(Oc3ccccc3)c2)CC1. The summed E-state index contributed by atoms with van der Waals surface area (Å²) in [7, 11) is 0. The van der Waals surface area contributed by atoms with Crippen molar-refractivity contribution in [2.45, 2.75) is 12.8 Å². The molecular formula is C24H23N3O2. The normalized spacial score (nSPS) is 13.7. The summed E-state index contributed by atoms with van der Waals surface area (Å²) in [5.74, 6) is 1.64. The predicted octanol–water partition coefficient (Wildman–Crippen LogP) is 5.59. The second kappa shape index (κ2) is 9.06. The number of para-hydroxylation sites is 1. The first kappa shape index (κ1) is 18.7. The summed E-state index contributed by atoms with van der Waals surface area (Å²) in [4.78, 5) is 18.3. The fraction of sp³-hybridized carbons (Fsp3) is 0.167. The maximum atomic E-state index is 12.4. The van der Waals surface area contributed by atoms with Crippen molar-refractivity contribution in [2.75, 3.05) is 18.4 Å². The molecule has 5 nitrogen and oxygen atoms in total. The molecule has 0 radical (unpaired) electrons. The number of carbonyl (C=O) groups is 1. The van der Waals surface area contributed by atoms with Crippen LogP contribution in [-0.2, 0) is 0 Å². The molecule has 1 N–H and O–H groups in total. The second-order valence-corrected chi connectivity index (χ2v) is 6.95. The number of anilines is 1. The van der Waals surface area contributed by atoms with Crippen molar-refractivity contribution in [3.8, 4) is 11.5 Å². The Morgan fingerprint density at radius 2 is 1.76 bits per heavy atom. The molecule has 0 unspecified atom stereocenters. The number of rotatable bonds is 4. The second-order valence-electron chi connectivity index (χ2n) is 6.95. The molecule has 29 heavy (non-hydrogen) atoms. The molecule has 5 heteroatoms. The Hall–Kier alpha value is -3.60.